The van der Waals surface area contributed by atoms with Crippen molar-refractivity contribution in [1.82, 2.24) is 20.1 Å². The van der Waals surface area contributed by atoms with Crippen molar-refractivity contribution in [3.05, 3.63) is 36.2 Å². The fourth-order valence-electron chi connectivity index (χ4n) is 2.18. The molecule has 120 valence electrons. The third-order valence-electron chi connectivity index (χ3n) is 3.36. The van der Waals surface area contributed by atoms with E-state index in [0.29, 0.717) is 11.7 Å². The maximum absolute atomic E-state index is 11.9. The van der Waals surface area contributed by atoms with Gasteiger partial charge in [-0.25, -0.2) is 4.79 Å². The Morgan fingerprint density at radius 2 is 2.00 bits per heavy atom. The van der Waals surface area contributed by atoms with Crippen LogP contribution in [0.2, 0.25) is 0 Å². The van der Waals surface area contributed by atoms with E-state index in [1.165, 1.54) is 11.8 Å². The molecule has 8 heteroatoms. The quantitative estimate of drug-likeness (QED) is 0.821. The summed E-state index contributed by atoms with van der Waals surface area (Å²) in [6.07, 6.45) is 2.25. The SMILES string of the molecule is Cc1nnc(SCC(=O)NC(=O)Nc2ccccc2)n1C1CC1. The number of nitrogens with one attached hydrogen (secondary N) is 2. The molecule has 3 amide bonds. The van der Waals surface area contributed by atoms with Crippen LogP contribution in [0.25, 0.3) is 0 Å². The molecule has 1 aromatic carbocycles. The molecule has 2 aromatic rings. The van der Waals surface area contributed by atoms with Crippen LogP contribution in [-0.4, -0.2) is 32.5 Å². The number of hydrogen-bond acceptors (Lipinski definition) is 5. The molecule has 0 unspecified atom stereocenters. The number of thioether (sulfide) groups is 1. The first-order valence-corrected chi connectivity index (χ1v) is 8.32. The van der Waals surface area contributed by atoms with E-state index in [1.807, 2.05) is 13.0 Å². The van der Waals surface area contributed by atoms with Gasteiger partial charge in [0.25, 0.3) is 0 Å². The Balaban J connectivity index is 1.49. The van der Waals surface area contributed by atoms with E-state index in [4.69, 9.17) is 0 Å². The first-order chi connectivity index (χ1) is 11.1. The molecule has 1 heterocycles. The highest BCUT2D eigenvalue weighted by molar-refractivity contribution is 7.99. The summed E-state index contributed by atoms with van der Waals surface area (Å²) >= 11 is 1.29. The molecule has 0 bridgehead atoms. The minimum absolute atomic E-state index is 0.118. The fraction of sp³-hybridized carbons (Fsp3) is 0.333. The van der Waals surface area contributed by atoms with Gasteiger partial charge in [0.2, 0.25) is 5.91 Å². The summed E-state index contributed by atoms with van der Waals surface area (Å²) in [4.78, 5) is 23.6. The molecule has 0 atom stereocenters. The second kappa shape index (κ2) is 6.82. The highest BCUT2D eigenvalue weighted by atomic mass is 32.2. The van der Waals surface area contributed by atoms with Gasteiger partial charge in [0.15, 0.2) is 5.16 Å². The van der Waals surface area contributed by atoms with Crippen molar-refractivity contribution in [2.75, 3.05) is 11.1 Å². The number of para-hydroxylation sites is 1. The number of imide groups is 1. The van der Waals surface area contributed by atoms with Crippen molar-refractivity contribution < 1.29 is 9.59 Å². The highest BCUT2D eigenvalue weighted by Crippen LogP contribution is 2.38. The van der Waals surface area contributed by atoms with E-state index in [9.17, 15) is 9.59 Å². The van der Waals surface area contributed by atoms with Crippen molar-refractivity contribution in [2.24, 2.45) is 0 Å². The fourth-order valence-corrected chi connectivity index (χ4v) is 3.03. The van der Waals surface area contributed by atoms with Crippen LogP contribution in [0.15, 0.2) is 35.5 Å². The lowest BCUT2D eigenvalue weighted by atomic mass is 10.3. The maximum atomic E-state index is 11.9. The van der Waals surface area contributed by atoms with E-state index >= 15 is 0 Å². The first kappa shape index (κ1) is 15.5. The lowest BCUT2D eigenvalue weighted by molar-refractivity contribution is -0.117. The number of anilines is 1. The van der Waals surface area contributed by atoms with E-state index in [0.717, 1.165) is 23.8 Å². The summed E-state index contributed by atoms with van der Waals surface area (Å²) in [5, 5.41) is 13.8. The van der Waals surface area contributed by atoms with E-state index in [-0.39, 0.29) is 11.7 Å². The van der Waals surface area contributed by atoms with Gasteiger partial charge < -0.3 is 9.88 Å². The van der Waals surface area contributed by atoms with Gasteiger partial charge in [-0.05, 0) is 31.9 Å². The van der Waals surface area contributed by atoms with Gasteiger partial charge >= 0.3 is 6.03 Å². The number of nitrogens with zero attached hydrogens (tertiary/aromatic N) is 3. The van der Waals surface area contributed by atoms with Crippen LogP contribution in [0.5, 0.6) is 0 Å². The minimum Gasteiger partial charge on any atom is -0.308 e. The number of rotatable bonds is 5. The van der Waals surface area contributed by atoms with E-state index < -0.39 is 6.03 Å². The Labute approximate surface area is 137 Å². The normalized spacial score (nSPS) is 13.6. The van der Waals surface area contributed by atoms with Crippen LogP contribution in [0.3, 0.4) is 0 Å². The van der Waals surface area contributed by atoms with E-state index in [2.05, 4.69) is 25.4 Å². The molecule has 0 radical (unpaired) electrons. The summed E-state index contributed by atoms with van der Waals surface area (Å²) < 4.78 is 2.06. The van der Waals surface area contributed by atoms with Gasteiger partial charge in [-0.3, -0.25) is 10.1 Å². The molecular formula is C15H17N5O2S. The van der Waals surface area contributed by atoms with Crippen LogP contribution in [0, 0.1) is 6.92 Å². The zero-order chi connectivity index (χ0) is 16.2. The Morgan fingerprint density at radius 1 is 1.26 bits per heavy atom. The Hall–Kier alpha value is -2.35. The van der Waals surface area contributed by atoms with Crippen LogP contribution >= 0.6 is 11.8 Å². The molecule has 1 saturated carbocycles. The molecule has 1 aliphatic rings. The summed E-state index contributed by atoms with van der Waals surface area (Å²) in [6.45, 7) is 1.91. The molecule has 0 aliphatic heterocycles. The smallest absolute Gasteiger partial charge is 0.308 e. The maximum Gasteiger partial charge on any atom is 0.325 e. The van der Waals surface area contributed by atoms with Gasteiger partial charge in [0.05, 0.1) is 5.75 Å². The molecule has 23 heavy (non-hydrogen) atoms. The van der Waals surface area contributed by atoms with E-state index in [1.54, 1.807) is 24.3 Å². The summed E-state index contributed by atoms with van der Waals surface area (Å²) in [5.74, 6) is 0.608. The average Bonchev–Trinajstić information content (AvgIpc) is 3.29. The predicted molar refractivity (Wildman–Crippen MR) is 87.4 cm³/mol. The molecule has 1 fully saturated rings. The number of hydrogen-bond donors (Lipinski definition) is 2. The predicted octanol–water partition coefficient (Wildman–Crippen LogP) is 2.36. The zero-order valence-corrected chi connectivity index (χ0v) is 13.5. The number of carbonyl (C=O) groups is 2. The summed E-state index contributed by atoms with van der Waals surface area (Å²) in [6, 6.07) is 8.88. The minimum atomic E-state index is -0.540. The molecule has 0 saturated heterocycles. The number of urea groups is 1. The molecule has 2 N–H and O–H groups in total. The van der Waals surface area contributed by atoms with Crippen molar-refractivity contribution >= 4 is 29.4 Å². The van der Waals surface area contributed by atoms with Gasteiger partial charge in [-0.15, -0.1) is 10.2 Å². The zero-order valence-electron chi connectivity index (χ0n) is 12.7. The molecule has 3 rings (SSSR count). The molecule has 1 aliphatic carbocycles. The number of carbonyl (C=O) groups excluding carboxylic acids is 2. The van der Waals surface area contributed by atoms with Crippen molar-refractivity contribution in [3.8, 4) is 0 Å². The Kier molecular flexibility index (Phi) is 4.61. The second-order valence-electron chi connectivity index (χ2n) is 5.29. The van der Waals surface area contributed by atoms with Gasteiger partial charge in [-0.1, -0.05) is 30.0 Å². The Bertz CT molecular complexity index is 712. The third kappa shape index (κ3) is 4.10. The second-order valence-corrected chi connectivity index (χ2v) is 6.23. The average molecular weight is 331 g/mol. The monoisotopic (exact) mass is 331 g/mol. The van der Waals surface area contributed by atoms with Crippen molar-refractivity contribution in [3.63, 3.8) is 0 Å². The molecular weight excluding hydrogens is 314 g/mol. The number of aryl methyl sites for hydroxylation is 1. The van der Waals surface area contributed by atoms with Gasteiger partial charge in [-0.2, -0.15) is 0 Å². The largest absolute Gasteiger partial charge is 0.325 e. The van der Waals surface area contributed by atoms with Crippen LogP contribution in [0.1, 0.15) is 24.7 Å². The lowest BCUT2D eigenvalue weighted by Crippen LogP contribution is -2.35. The highest BCUT2D eigenvalue weighted by Gasteiger charge is 2.28. The van der Waals surface area contributed by atoms with Gasteiger partial charge in [0.1, 0.15) is 5.82 Å². The first-order valence-electron chi connectivity index (χ1n) is 7.33. The number of benzene rings is 1. The number of aromatic nitrogens is 3. The van der Waals surface area contributed by atoms with Crippen molar-refractivity contribution in [2.45, 2.75) is 31.0 Å². The van der Waals surface area contributed by atoms with Gasteiger partial charge in [0, 0.05) is 11.7 Å². The molecule has 7 nitrogen and oxygen atoms in total. The molecule has 1 aromatic heterocycles. The lowest BCUT2D eigenvalue weighted by Gasteiger charge is -2.07. The number of amides is 3. The van der Waals surface area contributed by atoms with Crippen LogP contribution in [-0.2, 0) is 4.79 Å². The third-order valence-corrected chi connectivity index (χ3v) is 4.31. The summed E-state index contributed by atoms with van der Waals surface area (Å²) in [5.41, 5.74) is 0.634. The van der Waals surface area contributed by atoms with Crippen molar-refractivity contribution in [1.29, 1.82) is 0 Å². The summed E-state index contributed by atoms with van der Waals surface area (Å²) in [7, 11) is 0. The van der Waals surface area contributed by atoms with Crippen LogP contribution in [0.4, 0.5) is 10.5 Å². The standard InChI is InChI=1S/C15H17N5O2S/c1-10-18-19-15(20(10)12-7-8-12)23-9-13(21)17-14(22)16-11-5-3-2-4-6-11/h2-6,12H,7-9H2,1H3,(H2,16,17,21,22). The molecule has 0 spiro atoms. The van der Waals surface area contributed by atoms with Crippen LogP contribution < -0.4 is 10.6 Å². The topological polar surface area (TPSA) is 88.9 Å². The Morgan fingerprint density at radius 3 is 2.70 bits per heavy atom.